The van der Waals surface area contributed by atoms with Gasteiger partial charge in [-0.15, -0.1) is 11.3 Å². The fourth-order valence-electron chi connectivity index (χ4n) is 1.90. The predicted octanol–water partition coefficient (Wildman–Crippen LogP) is 3.86. The first-order chi connectivity index (χ1) is 9.65. The van der Waals surface area contributed by atoms with Gasteiger partial charge >= 0.3 is 6.61 Å². The number of aryl methyl sites for hydroxylation is 1. The van der Waals surface area contributed by atoms with Gasteiger partial charge in [0, 0.05) is 0 Å². The van der Waals surface area contributed by atoms with Crippen molar-refractivity contribution in [2.45, 2.75) is 33.0 Å². The number of rotatable bonds is 6. The predicted molar refractivity (Wildman–Crippen MR) is 74.1 cm³/mol. The summed E-state index contributed by atoms with van der Waals surface area (Å²) in [5.41, 5.74) is 1.34. The molecule has 20 heavy (non-hydrogen) atoms. The second kappa shape index (κ2) is 6.76. The number of para-hydroxylation sites is 1. The van der Waals surface area contributed by atoms with Crippen LogP contribution >= 0.6 is 11.3 Å². The maximum atomic E-state index is 12.4. The van der Waals surface area contributed by atoms with Crippen molar-refractivity contribution in [2.24, 2.45) is 0 Å². The molecule has 0 aliphatic heterocycles. The van der Waals surface area contributed by atoms with E-state index in [0.29, 0.717) is 10.6 Å². The molecule has 3 nitrogen and oxygen atoms in total. The Labute approximate surface area is 119 Å². The Morgan fingerprint density at radius 3 is 2.75 bits per heavy atom. The first-order valence-electron chi connectivity index (χ1n) is 6.29. The average molecular weight is 299 g/mol. The van der Waals surface area contributed by atoms with Crippen molar-refractivity contribution in [3.05, 3.63) is 34.8 Å². The largest absolute Gasteiger partial charge is 0.434 e. The van der Waals surface area contributed by atoms with Gasteiger partial charge in [-0.1, -0.05) is 25.5 Å². The zero-order chi connectivity index (χ0) is 14.5. The molecule has 0 aliphatic rings. The summed E-state index contributed by atoms with van der Waals surface area (Å²) in [4.78, 5) is 5.21. The summed E-state index contributed by atoms with van der Waals surface area (Å²) >= 11 is 1.31. The first-order valence-corrected chi connectivity index (χ1v) is 7.11. The lowest BCUT2D eigenvalue weighted by Crippen LogP contribution is -2.02. The monoisotopic (exact) mass is 299 g/mol. The number of halogens is 2. The molecular formula is C14H15F2NO2S. The highest BCUT2D eigenvalue weighted by molar-refractivity contribution is 7.15. The molecule has 0 unspecified atom stereocenters. The molecule has 0 spiro atoms. The van der Waals surface area contributed by atoms with E-state index in [1.54, 1.807) is 18.2 Å². The van der Waals surface area contributed by atoms with Crippen LogP contribution in [0.25, 0.3) is 10.6 Å². The highest BCUT2D eigenvalue weighted by Gasteiger charge is 2.16. The van der Waals surface area contributed by atoms with Crippen molar-refractivity contribution < 1.29 is 18.6 Å². The number of aliphatic hydroxyl groups is 1. The summed E-state index contributed by atoms with van der Waals surface area (Å²) in [5.74, 6) is 0.101. The maximum absolute atomic E-state index is 12.4. The lowest BCUT2D eigenvalue weighted by atomic mass is 10.2. The number of aromatic nitrogens is 1. The van der Waals surface area contributed by atoms with Gasteiger partial charge < -0.3 is 9.84 Å². The fourth-order valence-corrected chi connectivity index (χ4v) is 2.89. The van der Waals surface area contributed by atoms with Gasteiger partial charge in [-0.05, 0) is 18.6 Å². The summed E-state index contributed by atoms with van der Waals surface area (Å²) in [6.07, 6.45) is 1.66. The summed E-state index contributed by atoms with van der Waals surface area (Å²) < 4.78 is 29.3. The van der Waals surface area contributed by atoms with Gasteiger partial charge in [-0.25, -0.2) is 4.98 Å². The van der Waals surface area contributed by atoms with Crippen molar-refractivity contribution in [1.29, 1.82) is 0 Å². The van der Waals surface area contributed by atoms with Crippen molar-refractivity contribution >= 4 is 11.3 Å². The molecule has 6 heteroatoms. The number of alkyl halides is 2. The van der Waals surface area contributed by atoms with Gasteiger partial charge in [0.2, 0.25) is 0 Å². The van der Waals surface area contributed by atoms with Crippen molar-refractivity contribution in [3.63, 3.8) is 0 Å². The van der Waals surface area contributed by atoms with E-state index in [1.165, 1.54) is 17.4 Å². The van der Waals surface area contributed by atoms with E-state index in [1.807, 2.05) is 6.92 Å². The quantitative estimate of drug-likeness (QED) is 0.881. The van der Waals surface area contributed by atoms with Crippen molar-refractivity contribution in [2.75, 3.05) is 0 Å². The number of nitrogens with zero attached hydrogens (tertiary/aromatic N) is 1. The van der Waals surface area contributed by atoms with Crippen molar-refractivity contribution in [3.8, 4) is 16.3 Å². The second-order valence-corrected chi connectivity index (χ2v) is 5.26. The Hall–Kier alpha value is -1.53. The number of aliphatic hydroxyl groups excluding tert-OH is 1. The third-order valence-electron chi connectivity index (χ3n) is 2.74. The van der Waals surface area contributed by atoms with Gasteiger partial charge in [0.15, 0.2) is 0 Å². The van der Waals surface area contributed by atoms with Gasteiger partial charge in [0.25, 0.3) is 0 Å². The van der Waals surface area contributed by atoms with E-state index in [2.05, 4.69) is 9.72 Å². The molecule has 0 amide bonds. The number of ether oxygens (including phenoxy) is 1. The highest BCUT2D eigenvalue weighted by Crippen LogP contribution is 2.35. The zero-order valence-corrected chi connectivity index (χ0v) is 11.8. The Bertz CT molecular complexity index is 572. The van der Waals surface area contributed by atoms with Crippen LogP contribution < -0.4 is 4.74 Å². The number of hydrogen-bond acceptors (Lipinski definition) is 4. The standard InChI is InChI=1S/C14H15F2NO2S/c1-2-5-10-12(8-18)20-13(17-10)9-6-3-4-7-11(9)19-14(15)16/h3-4,6-7,14,18H,2,5,8H2,1H3. The van der Waals surface area contributed by atoms with Crippen LogP contribution in [-0.4, -0.2) is 16.7 Å². The molecule has 0 saturated heterocycles. The lowest BCUT2D eigenvalue weighted by molar-refractivity contribution is -0.0494. The molecular weight excluding hydrogens is 284 g/mol. The van der Waals surface area contributed by atoms with E-state index in [9.17, 15) is 13.9 Å². The highest BCUT2D eigenvalue weighted by atomic mass is 32.1. The van der Waals surface area contributed by atoms with Crippen LogP contribution in [0.4, 0.5) is 8.78 Å². The molecule has 2 aromatic rings. The van der Waals surface area contributed by atoms with Crippen LogP contribution in [0.2, 0.25) is 0 Å². The molecule has 108 valence electrons. The second-order valence-electron chi connectivity index (χ2n) is 4.17. The third-order valence-corrected chi connectivity index (χ3v) is 3.86. The van der Waals surface area contributed by atoms with E-state index < -0.39 is 6.61 Å². The Kier molecular flexibility index (Phi) is 5.03. The Morgan fingerprint density at radius 2 is 2.10 bits per heavy atom. The summed E-state index contributed by atoms with van der Waals surface area (Å²) in [6.45, 7) is -0.942. The fraction of sp³-hybridized carbons (Fsp3) is 0.357. The smallest absolute Gasteiger partial charge is 0.387 e. The minimum absolute atomic E-state index is 0.0924. The van der Waals surface area contributed by atoms with Crippen LogP contribution in [0.1, 0.15) is 23.9 Å². The summed E-state index contributed by atoms with van der Waals surface area (Å²) in [7, 11) is 0. The molecule has 0 radical (unpaired) electrons. The minimum atomic E-state index is -2.87. The van der Waals surface area contributed by atoms with E-state index in [4.69, 9.17) is 0 Å². The van der Waals surface area contributed by atoms with Crippen LogP contribution in [0.5, 0.6) is 5.75 Å². The van der Waals surface area contributed by atoms with Gasteiger partial charge in [-0.3, -0.25) is 0 Å². The molecule has 0 bridgehead atoms. The van der Waals surface area contributed by atoms with Crippen LogP contribution in [-0.2, 0) is 13.0 Å². The summed E-state index contributed by atoms with van der Waals surface area (Å²) in [5, 5.41) is 9.93. The molecule has 0 atom stereocenters. The van der Waals surface area contributed by atoms with E-state index in [-0.39, 0.29) is 12.4 Å². The van der Waals surface area contributed by atoms with Crippen LogP contribution in [0.15, 0.2) is 24.3 Å². The maximum Gasteiger partial charge on any atom is 0.387 e. The molecule has 1 heterocycles. The molecule has 1 N–H and O–H groups in total. The number of thiazole rings is 1. The van der Waals surface area contributed by atoms with Crippen LogP contribution in [0.3, 0.4) is 0 Å². The van der Waals surface area contributed by atoms with E-state index >= 15 is 0 Å². The number of benzene rings is 1. The van der Waals surface area contributed by atoms with Gasteiger partial charge in [0.05, 0.1) is 22.7 Å². The SMILES string of the molecule is CCCc1nc(-c2ccccc2OC(F)F)sc1CO. The number of hydrogen-bond donors (Lipinski definition) is 1. The Balaban J connectivity index is 2.40. The minimum Gasteiger partial charge on any atom is -0.434 e. The molecule has 1 aromatic heterocycles. The zero-order valence-electron chi connectivity index (χ0n) is 11.0. The lowest BCUT2D eigenvalue weighted by Gasteiger charge is -2.08. The van der Waals surface area contributed by atoms with Crippen LogP contribution in [0, 0.1) is 0 Å². The van der Waals surface area contributed by atoms with Gasteiger partial charge in [-0.2, -0.15) is 8.78 Å². The Morgan fingerprint density at radius 1 is 1.35 bits per heavy atom. The summed E-state index contributed by atoms with van der Waals surface area (Å²) in [6, 6.07) is 6.55. The van der Waals surface area contributed by atoms with Gasteiger partial charge in [0.1, 0.15) is 10.8 Å². The molecule has 2 rings (SSSR count). The molecule has 1 aromatic carbocycles. The third kappa shape index (κ3) is 3.32. The average Bonchev–Trinajstić information content (AvgIpc) is 2.82. The van der Waals surface area contributed by atoms with E-state index in [0.717, 1.165) is 23.4 Å². The normalized spacial score (nSPS) is 11.1. The molecule has 0 aliphatic carbocycles. The molecule has 0 saturated carbocycles. The molecule has 0 fully saturated rings. The van der Waals surface area contributed by atoms with Crippen molar-refractivity contribution in [1.82, 2.24) is 4.98 Å². The topological polar surface area (TPSA) is 42.4 Å². The first kappa shape index (κ1) is 14.9.